The highest BCUT2D eigenvalue weighted by atomic mass is 16.2. The number of nitrogens with two attached hydrogens (primary N) is 1. The Morgan fingerprint density at radius 1 is 1.50 bits per heavy atom. The minimum Gasteiger partial charge on any atom is -0.326 e. The standard InChI is InChI=1S/C13H16N4O/c1-10(17-7-6-15-9-17)13(18)16-12-5-3-2-4-11(12)8-14/h2-7,9-10H,8,14H2,1H3,(H,16,18). The summed E-state index contributed by atoms with van der Waals surface area (Å²) in [5, 5.41) is 2.88. The average Bonchev–Trinajstić information content (AvgIpc) is 2.92. The highest BCUT2D eigenvalue weighted by molar-refractivity contribution is 5.94. The third-order valence-electron chi connectivity index (χ3n) is 2.85. The molecule has 0 aliphatic rings. The lowest BCUT2D eigenvalue weighted by molar-refractivity contribution is -0.118. The van der Waals surface area contributed by atoms with Crippen molar-refractivity contribution in [3.63, 3.8) is 0 Å². The number of hydrogen-bond donors (Lipinski definition) is 2. The second-order valence-corrected chi connectivity index (χ2v) is 4.04. The number of carbonyl (C=O) groups is 1. The lowest BCUT2D eigenvalue weighted by Crippen LogP contribution is -2.23. The molecule has 5 heteroatoms. The van der Waals surface area contributed by atoms with Crippen LogP contribution < -0.4 is 11.1 Å². The number of nitrogens with zero attached hydrogens (tertiary/aromatic N) is 2. The van der Waals surface area contributed by atoms with Crippen molar-refractivity contribution in [1.82, 2.24) is 9.55 Å². The molecule has 18 heavy (non-hydrogen) atoms. The quantitative estimate of drug-likeness (QED) is 0.856. The molecule has 0 radical (unpaired) electrons. The second kappa shape index (κ2) is 5.46. The predicted octanol–water partition coefficient (Wildman–Crippen LogP) is 1.54. The third kappa shape index (κ3) is 2.57. The summed E-state index contributed by atoms with van der Waals surface area (Å²) in [4.78, 5) is 16.0. The number of anilines is 1. The van der Waals surface area contributed by atoms with Crippen molar-refractivity contribution in [1.29, 1.82) is 0 Å². The van der Waals surface area contributed by atoms with E-state index in [4.69, 9.17) is 5.73 Å². The Balaban J connectivity index is 2.12. The van der Waals surface area contributed by atoms with Crippen LogP contribution in [0.4, 0.5) is 5.69 Å². The van der Waals surface area contributed by atoms with Crippen LogP contribution in [0.2, 0.25) is 0 Å². The summed E-state index contributed by atoms with van der Waals surface area (Å²) in [5.41, 5.74) is 7.31. The molecule has 2 rings (SSSR count). The van der Waals surface area contributed by atoms with Gasteiger partial charge in [0.25, 0.3) is 0 Å². The summed E-state index contributed by atoms with van der Waals surface area (Å²) in [6, 6.07) is 7.21. The highest BCUT2D eigenvalue weighted by Crippen LogP contribution is 2.16. The van der Waals surface area contributed by atoms with Crippen LogP contribution in [0.3, 0.4) is 0 Å². The minimum absolute atomic E-state index is 0.0890. The van der Waals surface area contributed by atoms with Crippen molar-refractivity contribution >= 4 is 11.6 Å². The van der Waals surface area contributed by atoms with Gasteiger partial charge in [0.2, 0.25) is 5.91 Å². The molecule has 0 spiro atoms. The van der Waals surface area contributed by atoms with Gasteiger partial charge in [-0.15, -0.1) is 0 Å². The summed E-state index contributed by atoms with van der Waals surface area (Å²) >= 11 is 0. The minimum atomic E-state index is -0.307. The summed E-state index contributed by atoms with van der Waals surface area (Å²) in [6.07, 6.45) is 5.04. The van der Waals surface area contributed by atoms with E-state index in [0.717, 1.165) is 11.3 Å². The lowest BCUT2D eigenvalue weighted by Gasteiger charge is -2.15. The SMILES string of the molecule is CC(C(=O)Nc1ccccc1CN)n1ccnc1. The van der Waals surface area contributed by atoms with Gasteiger partial charge in [-0.1, -0.05) is 18.2 Å². The van der Waals surface area contributed by atoms with Gasteiger partial charge >= 0.3 is 0 Å². The molecule has 1 atom stereocenters. The molecule has 1 amide bonds. The molecule has 2 aromatic rings. The molecule has 1 aromatic heterocycles. The maximum Gasteiger partial charge on any atom is 0.247 e. The van der Waals surface area contributed by atoms with Gasteiger partial charge in [-0.25, -0.2) is 4.98 Å². The van der Waals surface area contributed by atoms with E-state index in [0.29, 0.717) is 6.54 Å². The zero-order valence-electron chi connectivity index (χ0n) is 10.2. The van der Waals surface area contributed by atoms with Crippen LogP contribution in [0.5, 0.6) is 0 Å². The fourth-order valence-corrected chi connectivity index (χ4v) is 1.69. The molecule has 1 heterocycles. The van der Waals surface area contributed by atoms with Gasteiger partial charge in [-0.2, -0.15) is 0 Å². The van der Waals surface area contributed by atoms with Crippen molar-refractivity contribution in [3.8, 4) is 0 Å². The number of nitrogens with one attached hydrogen (secondary N) is 1. The van der Waals surface area contributed by atoms with E-state index in [1.807, 2.05) is 31.2 Å². The molecule has 1 aromatic carbocycles. The number of rotatable bonds is 4. The number of aromatic nitrogens is 2. The first-order valence-corrected chi connectivity index (χ1v) is 5.78. The third-order valence-corrected chi connectivity index (χ3v) is 2.85. The van der Waals surface area contributed by atoms with Crippen LogP contribution in [-0.4, -0.2) is 15.5 Å². The number of imidazole rings is 1. The van der Waals surface area contributed by atoms with E-state index >= 15 is 0 Å². The summed E-state index contributed by atoms with van der Waals surface area (Å²) < 4.78 is 1.75. The van der Waals surface area contributed by atoms with E-state index in [1.165, 1.54) is 0 Å². The van der Waals surface area contributed by atoms with E-state index in [9.17, 15) is 4.79 Å². The topological polar surface area (TPSA) is 72.9 Å². The van der Waals surface area contributed by atoms with E-state index < -0.39 is 0 Å². The van der Waals surface area contributed by atoms with Crippen LogP contribution >= 0.6 is 0 Å². The van der Waals surface area contributed by atoms with Crippen molar-refractivity contribution in [2.75, 3.05) is 5.32 Å². The number of para-hydroxylation sites is 1. The number of benzene rings is 1. The Morgan fingerprint density at radius 2 is 2.28 bits per heavy atom. The van der Waals surface area contributed by atoms with Crippen LogP contribution in [0.25, 0.3) is 0 Å². The van der Waals surface area contributed by atoms with Gasteiger partial charge in [-0.3, -0.25) is 4.79 Å². The Kier molecular flexibility index (Phi) is 3.74. The van der Waals surface area contributed by atoms with Crippen LogP contribution in [-0.2, 0) is 11.3 Å². The number of hydrogen-bond acceptors (Lipinski definition) is 3. The molecule has 3 N–H and O–H groups in total. The molecular weight excluding hydrogens is 228 g/mol. The van der Waals surface area contributed by atoms with Gasteiger partial charge < -0.3 is 15.6 Å². The molecule has 0 saturated carbocycles. The van der Waals surface area contributed by atoms with Gasteiger partial charge in [0.15, 0.2) is 0 Å². The number of amides is 1. The summed E-state index contributed by atoms with van der Waals surface area (Å²) in [5.74, 6) is -0.0890. The van der Waals surface area contributed by atoms with Crippen molar-refractivity contribution < 1.29 is 4.79 Å². The fourth-order valence-electron chi connectivity index (χ4n) is 1.69. The molecule has 0 saturated heterocycles. The zero-order chi connectivity index (χ0) is 13.0. The zero-order valence-corrected chi connectivity index (χ0v) is 10.2. The fraction of sp³-hybridized carbons (Fsp3) is 0.231. The predicted molar refractivity (Wildman–Crippen MR) is 69.9 cm³/mol. The molecule has 0 fully saturated rings. The maximum atomic E-state index is 12.1. The Hall–Kier alpha value is -2.14. The van der Waals surface area contributed by atoms with Crippen molar-refractivity contribution in [2.45, 2.75) is 19.5 Å². The maximum absolute atomic E-state index is 12.1. The molecule has 5 nitrogen and oxygen atoms in total. The molecule has 0 aliphatic carbocycles. The van der Waals surface area contributed by atoms with Gasteiger partial charge in [0.1, 0.15) is 6.04 Å². The molecule has 94 valence electrons. The molecule has 0 aliphatic heterocycles. The van der Waals surface area contributed by atoms with Crippen LogP contribution in [0, 0.1) is 0 Å². The average molecular weight is 244 g/mol. The van der Waals surface area contributed by atoms with E-state index in [-0.39, 0.29) is 11.9 Å². The first kappa shape index (κ1) is 12.3. The van der Waals surface area contributed by atoms with Gasteiger partial charge in [-0.05, 0) is 18.6 Å². The molecule has 1 unspecified atom stereocenters. The Bertz CT molecular complexity index is 522. The largest absolute Gasteiger partial charge is 0.326 e. The van der Waals surface area contributed by atoms with Gasteiger partial charge in [0, 0.05) is 24.6 Å². The monoisotopic (exact) mass is 244 g/mol. The van der Waals surface area contributed by atoms with Crippen LogP contribution in [0.15, 0.2) is 43.0 Å². The normalized spacial score (nSPS) is 12.1. The highest BCUT2D eigenvalue weighted by Gasteiger charge is 2.15. The molecular formula is C13H16N4O. The Morgan fingerprint density at radius 3 is 2.94 bits per heavy atom. The van der Waals surface area contributed by atoms with Crippen LogP contribution in [0.1, 0.15) is 18.5 Å². The van der Waals surface area contributed by atoms with Crippen molar-refractivity contribution in [3.05, 3.63) is 48.5 Å². The van der Waals surface area contributed by atoms with Crippen molar-refractivity contribution in [2.24, 2.45) is 5.73 Å². The summed E-state index contributed by atoms with van der Waals surface area (Å²) in [6.45, 7) is 2.22. The van der Waals surface area contributed by atoms with E-state index in [1.54, 1.807) is 23.3 Å². The number of carbonyl (C=O) groups excluding carboxylic acids is 1. The smallest absolute Gasteiger partial charge is 0.247 e. The second-order valence-electron chi connectivity index (χ2n) is 4.04. The first-order valence-electron chi connectivity index (χ1n) is 5.78. The summed E-state index contributed by atoms with van der Waals surface area (Å²) in [7, 11) is 0. The Labute approximate surface area is 106 Å². The van der Waals surface area contributed by atoms with E-state index in [2.05, 4.69) is 10.3 Å². The lowest BCUT2D eigenvalue weighted by atomic mass is 10.1. The first-order chi connectivity index (χ1) is 8.72. The van der Waals surface area contributed by atoms with Gasteiger partial charge in [0.05, 0.1) is 6.33 Å². The molecule has 0 bridgehead atoms.